The Kier molecular flexibility index (Phi) is 4.95. The second-order valence-corrected chi connectivity index (χ2v) is 4.15. The largest absolute Gasteiger partial charge is 0.481 e. The van der Waals surface area contributed by atoms with Gasteiger partial charge in [0.05, 0.1) is 27.6 Å². The van der Waals surface area contributed by atoms with Crippen LogP contribution in [0.4, 0.5) is 0 Å². The molecule has 1 unspecified atom stereocenters. The zero-order valence-corrected chi connectivity index (χ0v) is 8.91. The molecule has 0 aromatic rings. The van der Waals surface area contributed by atoms with Crippen molar-refractivity contribution in [3.8, 4) is 0 Å². The van der Waals surface area contributed by atoms with Crippen molar-refractivity contribution < 1.29 is 19.1 Å². The van der Waals surface area contributed by atoms with E-state index in [0.717, 1.165) is 11.0 Å². The number of carboxylic acids is 1. The van der Waals surface area contributed by atoms with Crippen molar-refractivity contribution in [2.45, 2.75) is 19.4 Å². The Hall–Kier alpha value is -0.610. The van der Waals surface area contributed by atoms with E-state index in [1.54, 1.807) is 0 Å². The average molecular weight is 190 g/mol. The molecule has 4 nitrogen and oxygen atoms in total. The molecular formula is C9H20NO3+. The Morgan fingerprint density at radius 2 is 2.00 bits per heavy atom. The smallest absolute Gasteiger partial charge is 0.306 e. The molecule has 0 fully saturated rings. The summed E-state index contributed by atoms with van der Waals surface area (Å²) in [6, 6.07) is 0. The van der Waals surface area contributed by atoms with Gasteiger partial charge >= 0.3 is 5.97 Å². The number of carboxylic acid groups (broad SMARTS) is 1. The Bertz CT molecular complexity index is 163. The summed E-state index contributed by atoms with van der Waals surface area (Å²) in [5.41, 5.74) is 0. The number of hydrogen-bond donors (Lipinski definition) is 1. The first-order chi connectivity index (χ1) is 5.85. The minimum Gasteiger partial charge on any atom is -0.481 e. The maximum atomic E-state index is 10.5. The highest BCUT2D eigenvalue weighted by atomic mass is 16.5. The second kappa shape index (κ2) is 5.19. The summed E-state index contributed by atoms with van der Waals surface area (Å²) < 4.78 is 6.05. The second-order valence-electron chi connectivity index (χ2n) is 4.15. The molecule has 0 heterocycles. The fourth-order valence-electron chi connectivity index (χ4n) is 1.22. The van der Waals surface area contributed by atoms with Crippen LogP contribution in [0.25, 0.3) is 0 Å². The molecule has 0 amide bonds. The maximum Gasteiger partial charge on any atom is 0.306 e. The lowest BCUT2D eigenvalue weighted by atomic mass is 10.2. The van der Waals surface area contributed by atoms with Gasteiger partial charge in [0, 0.05) is 6.61 Å². The third-order valence-corrected chi connectivity index (χ3v) is 1.56. The van der Waals surface area contributed by atoms with E-state index in [2.05, 4.69) is 0 Å². The van der Waals surface area contributed by atoms with Gasteiger partial charge in [0.25, 0.3) is 0 Å². The molecule has 0 bridgehead atoms. The highest BCUT2D eigenvalue weighted by Gasteiger charge is 2.20. The van der Waals surface area contributed by atoms with Crippen LogP contribution in [0.15, 0.2) is 0 Å². The van der Waals surface area contributed by atoms with Gasteiger partial charge in [0.15, 0.2) is 0 Å². The normalized spacial score (nSPS) is 14.2. The number of carbonyl (C=O) groups is 1. The van der Waals surface area contributed by atoms with Crippen LogP contribution in [0.3, 0.4) is 0 Å². The van der Waals surface area contributed by atoms with Gasteiger partial charge in [0.2, 0.25) is 0 Å². The fraction of sp³-hybridized carbons (Fsp3) is 0.889. The summed E-state index contributed by atoms with van der Waals surface area (Å²) in [5, 5.41) is 8.62. The lowest BCUT2D eigenvalue weighted by molar-refractivity contribution is -0.873. The molecule has 0 aromatic carbocycles. The van der Waals surface area contributed by atoms with Crippen LogP contribution >= 0.6 is 0 Å². The Morgan fingerprint density at radius 1 is 1.46 bits per heavy atom. The summed E-state index contributed by atoms with van der Waals surface area (Å²) in [6.07, 6.45) is -0.0916. The SMILES string of the molecule is CCOC(CC(=O)O)C[N+](C)(C)C. The van der Waals surface area contributed by atoms with Crippen LogP contribution in [-0.4, -0.2) is 56.0 Å². The molecule has 13 heavy (non-hydrogen) atoms. The summed E-state index contributed by atoms with van der Waals surface area (Å²) in [4.78, 5) is 10.5. The fourth-order valence-corrected chi connectivity index (χ4v) is 1.22. The van der Waals surface area contributed by atoms with E-state index < -0.39 is 5.97 Å². The van der Waals surface area contributed by atoms with Crippen molar-refractivity contribution in [2.24, 2.45) is 0 Å². The van der Waals surface area contributed by atoms with E-state index in [1.165, 1.54) is 0 Å². The number of nitrogens with zero attached hydrogens (tertiary/aromatic N) is 1. The van der Waals surface area contributed by atoms with Crippen molar-refractivity contribution in [1.82, 2.24) is 0 Å². The molecule has 4 heteroatoms. The quantitative estimate of drug-likeness (QED) is 0.623. The third-order valence-electron chi connectivity index (χ3n) is 1.56. The van der Waals surface area contributed by atoms with Crippen LogP contribution in [0.1, 0.15) is 13.3 Å². The van der Waals surface area contributed by atoms with Gasteiger partial charge in [-0.15, -0.1) is 0 Å². The van der Waals surface area contributed by atoms with Crippen molar-refractivity contribution in [1.29, 1.82) is 0 Å². The topological polar surface area (TPSA) is 46.5 Å². The van der Waals surface area contributed by atoms with Crippen molar-refractivity contribution in [3.63, 3.8) is 0 Å². The molecule has 0 saturated carbocycles. The van der Waals surface area contributed by atoms with E-state index in [0.29, 0.717) is 6.61 Å². The minimum atomic E-state index is -0.799. The molecule has 78 valence electrons. The molecule has 0 radical (unpaired) electrons. The van der Waals surface area contributed by atoms with Gasteiger partial charge in [-0.05, 0) is 6.92 Å². The molecule has 0 aliphatic rings. The predicted molar refractivity (Wildman–Crippen MR) is 50.6 cm³/mol. The summed E-state index contributed by atoms with van der Waals surface area (Å²) >= 11 is 0. The van der Waals surface area contributed by atoms with Crippen LogP contribution in [-0.2, 0) is 9.53 Å². The molecule has 0 aliphatic carbocycles. The average Bonchev–Trinajstić information content (AvgIpc) is 1.81. The maximum absolute atomic E-state index is 10.5. The van der Waals surface area contributed by atoms with Crippen molar-refractivity contribution in [2.75, 3.05) is 34.3 Å². The summed E-state index contributed by atoms with van der Waals surface area (Å²) in [6.45, 7) is 3.17. The lowest BCUT2D eigenvalue weighted by Crippen LogP contribution is -2.43. The first-order valence-corrected chi connectivity index (χ1v) is 4.49. The predicted octanol–water partition coefficient (Wildman–Crippen LogP) is 0.572. The highest BCUT2D eigenvalue weighted by Crippen LogP contribution is 2.04. The third kappa shape index (κ3) is 7.74. The van der Waals surface area contributed by atoms with Crippen LogP contribution in [0, 0.1) is 0 Å². The van der Waals surface area contributed by atoms with Gasteiger partial charge in [-0.1, -0.05) is 0 Å². The molecule has 1 atom stereocenters. The van der Waals surface area contributed by atoms with E-state index in [4.69, 9.17) is 9.84 Å². The Balaban J connectivity index is 4.01. The van der Waals surface area contributed by atoms with Crippen molar-refractivity contribution >= 4 is 5.97 Å². The molecular weight excluding hydrogens is 170 g/mol. The number of rotatable bonds is 6. The number of quaternary nitrogens is 1. The molecule has 0 aliphatic heterocycles. The monoisotopic (exact) mass is 190 g/mol. The standard InChI is InChI=1S/C9H19NO3/c1-5-13-8(6-9(11)12)7-10(2,3)4/h8H,5-7H2,1-4H3/p+1. The van der Waals surface area contributed by atoms with Gasteiger partial charge < -0.3 is 14.3 Å². The Morgan fingerprint density at radius 3 is 2.31 bits per heavy atom. The minimum absolute atomic E-state index is 0.0867. The molecule has 0 rings (SSSR count). The van der Waals surface area contributed by atoms with Crippen molar-refractivity contribution in [3.05, 3.63) is 0 Å². The molecule has 1 N–H and O–H groups in total. The molecule has 0 saturated heterocycles. The van der Waals surface area contributed by atoms with E-state index in [1.807, 2.05) is 28.1 Å². The van der Waals surface area contributed by atoms with E-state index in [9.17, 15) is 4.79 Å². The molecule has 0 spiro atoms. The van der Waals surface area contributed by atoms with E-state index >= 15 is 0 Å². The zero-order valence-electron chi connectivity index (χ0n) is 8.91. The van der Waals surface area contributed by atoms with Gasteiger partial charge in [0.1, 0.15) is 12.6 Å². The van der Waals surface area contributed by atoms with Crippen LogP contribution < -0.4 is 0 Å². The summed E-state index contributed by atoms with van der Waals surface area (Å²) in [7, 11) is 6.07. The first kappa shape index (κ1) is 12.4. The van der Waals surface area contributed by atoms with Crippen LogP contribution in [0.5, 0.6) is 0 Å². The highest BCUT2D eigenvalue weighted by molar-refractivity contribution is 5.67. The number of ether oxygens (including phenoxy) is 1. The summed E-state index contributed by atoms with van der Waals surface area (Å²) in [5.74, 6) is -0.799. The van der Waals surface area contributed by atoms with E-state index in [-0.39, 0.29) is 12.5 Å². The Labute approximate surface area is 79.7 Å². The first-order valence-electron chi connectivity index (χ1n) is 4.49. The van der Waals surface area contributed by atoms with Gasteiger partial charge in [-0.2, -0.15) is 0 Å². The number of likely N-dealkylation sites (N-methyl/N-ethyl adjacent to an activating group) is 1. The number of aliphatic carboxylic acids is 1. The van der Waals surface area contributed by atoms with Gasteiger partial charge in [-0.3, -0.25) is 4.79 Å². The van der Waals surface area contributed by atoms with Crippen LogP contribution in [0.2, 0.25) is 0 Å². The van der Waals surface area contributed by atoms with Gasteiger partial charge in [-0.25, -0.2) is 0 Å². The molecule has 0 aromatic heterocycles. The lowest BCUT2D eigenvalue weighted by Gasteiger charge is -2.28. The number of hydrogen-bond acceptors (Lipinski definition) is 2. The zero-order chi connectivity index (χ0) is 10.5.